The molecule has 1 heterocycles. The number of non-ortho nitro benzene ring substituents is 1. The number of nitro groups is 1. The molecule has 1 atom stereocenters. The lowest BCUT2D eigenvalue weighted by Gasteiger charge is -2.38. The Balaban J connectivity index is 1.82. The van der Waals surface area contributed by atoms with Gasteiger partial charge in [-0.2, -0.15) is 0 Å². The summed E-state index contributed by atoms with van der Waals surface area (Å²) < 4.78 is 0. The number of anilines is 1. The van der Waals surface area contributed by atoms with Crippen LogP contribution in [-0.4, -0.2) is 60.5 Å². The van der Waals surface area contributed by atoms with Crippen LogP contribution in [0.15, 0.2) is 24.3 Å². The van der Waals surface area contributed by atoms with E-state index in [4.69, 9.17) is 0 Å². The highest BCUT2D eigenvalue weighted by molar-refractivity contribution is 5.96. The molecule has 3 amide bonds. The van der Waals surface area contributed by atoms with Gasteiger partial charge in [0.15, 0.2) is 0 Å². The minimum atomic E-state index is -0.468. The van der Waals surface area contributed by atoms with Crippen LogP contribution in [0.2, 0.25) is 0 Å². The van der Waals surface area contributed by atoms with Crippen molar-refractivity contribution >= 4 is 23.3 Å². The Morgan fingerprint density at radius 3 is 2.22 bits per heavy atom. The number of benzene rings is 1. The molecule has 27 heavy (non-hydrogen) atoms. The molecular weight excluding hydrogens is 350 g/mol. The van der Waals surface area contributed by atoms with Crippen molar-refractivity contribution in [3.05, 3.63) is 34.4 Å². The lowest BCUT2D eigenvalue weighted by molar-refractivity contribution is -0.384. The molecular formula is C18H27N5O4. The molecule has 9 heteroatoms. The Bertz CT molecular complexity index is 669. The first-order valence-electron chi connectivity index (χ1n) is 9.10. The zero-order valence-corrected chi connectivity index (χ0v) is 16.0. The van der Waals surface area contributed by atoms with Crippen molar-refractivity contribution in [3.8, 4) is 0 Å². The summed E-state index contributed by atoms with van der Waals surface area (Å²) in [5, 5.41) is 15.8. The van der Waals surface area contributed by atoms with E-state index >= 15 is 0 Å². The number of imide groups is 1. The third kappa shape index (κ3) is 5.92. The number of carbonyl (C=O) groups excluding carboxylic acids is 2. The molecule has 1 aromatic rings. The minimum Gasteiger partial charge on any atom is -0.369 e. The second kappa shape index (κ2) is 9.31. The van der Waals surface area contributed by atoms with E-state index in [0.29, 0.717) is 38.6 Å². The quantitative estimate of drug-likeness (QED) is 0.576. The highest BCUT2D eigenvalue weighted by Crippen LogP contribution is 2.21. The first kappa shape index (κ1) is 20.6. The van der Waals surface area contributed by atoms with Crippen molar-refractivity contribution in [1.29, 1.82) is 0 Å². The molecule has 1 unspecified atom stereocenters. The van der Waals surface area contributed by atoms with Gasteiger partial charge in [0.25, 0.3) is 5.69 Å². The second-order valence-corrected chi connectivity index (χ2v) is 7.07. The van der Waals surface area contributed by atoms with Crippen molar-refractivity contribution in [2.45, 2.75) is 26.8 Å². The maximum Gasteiger partial charge on any atom is 0.321 e. The normalized spacial score (nSPS) is 16.1. The Hall–Kier alpha value is -2.68. The van der Waals surface area contributed by atoms with E-state index in [9.17, 15) is 19.7 Å². The molecule has 0 aliphatic carbocycles. The molecule has 1 saturated heterocycles. The van der Waals surface area contributed by atoms with Crippen LogP contribution in [0.3, 0.4) is 0 Å². The first-order valence-corrected chi connectivity index (χ1v) is 9.10. The third-order valence-electron chi connectivity index (χ3n) is 4.57. The van der Waals surface area contributed by atoms with Crippen LogP contribution in [0.5, 0.6) is 0 Å². The number of hydrogen-bond donors (Lipinski definition) is 2. The summed E-state index contributed by atoms with van der Waals surface area (Å²) in [4.78, 5) is 38.5. The molecule has 148 valence electrons. The monoisotopic (exact) mass is 377 g/mol. The van der Waals surface area contributed by atoms with Gasteiger partial charge < -0.3 is 10.2 Å². The van der Waals surface area contributed by atoms with Crippen LogP contribution < -0.4 is 15.5 Å². The minimum absolute atomic E-state index is 0.0680. The van der Waals surface area contributed by atoms with Gasteiger partial charge in [0.1, 0.15) is 0 Å². The summed E-state index contributed by atoms with van der Waals surface area (Å²) in [6, 6.07) is 5.59. The van der Waals surface area contributed by atoms with Crippen LogP contribution in [0.4, 0.5) is 16.2 Å². The van der Waals surface area contributed by atoms with Gasteiger partial charge in [-0.15, -0.1) is 0 Å². The van der Waals surface area contributed by atoms with Gasteiger partial charge in [-0.1, -0.05) is 13.8 Å². The average Bonchev–Trinajstić information content (AvgIpc) is 2.66. The molecule has 0 saturated carbocycles. The number of nitrogens with zero attached hydrogens (tertiary/aromatic N) is 3. The molecule has 1 aliphatic heterocycles. The Kier molecular flexibility index (Phi) is 7.12. The summed E-state index contributed by atoms with van der Waals surface area (Å²) in [5.41, 5.74) is 0.990. The lowest BCUT2D eigenvalue weighted by Crippen LogP contribution is -2.55. The molecule has 2 rings (SSSR count). The van der Waals surface area contributed by atoms with Crippen molar-refractivity contribution in [3.63, 3.8) is 0 Å². The van der Waals surface area contributed by atoms with Crippen LogP contribution >= 0.6 is 0 Å². The number of nitro benzene ring substituents is 1. The number of nitrogens with one attached hydrogen (secondary N) is 2. The molecule has 1 fully saturated rings. The number of urea groups is 1. The third-order valence-corrected chi connectivity index (χ3v) is 4.57. The van der Waals surface area contributed by atoms with Crippen molar-refractivity contribution in [2.75, 3.05) is 37.6 Å². The van der Waals surface area contributed by atoms with E-state index in [-0.39, 0.29) is 11.6 Å². The van der Waals surface area contributed by atoms with Gasteiger partial charge in [-0.25, -0.2) is 4.79 Å². The van der Waals surface area contributed by atoms with Crippen LogP contribution in [0.1, 0.15) is 20.8 Å². The van der Waals surface area contributed by atoms with Gasteiger partial charge in [0.2, 0.25) is 5.91 Å². The van der Waals surface area contributed by atoms with E-state index in [1.54, 1.807) is 19.1 Å². The Morgan fingerprint density at radius 2 is 1.70 bits per heavy atom. The molecule has 0 spiro atoms. The van der Waals surface area contributed by atoms with E-state index in [2.05, 4.69) is 15.5 Å². The van der Waals surface area contributed by atoms with Crippen molar-refractivity contribution in [1.82, 2.24) is 15.5 Å². The average molecular weight is 377 g/mol. The summed E-state index contributed by atoms with van der Waals surface area (Å²) in [5.74, 6) is -0.00387. The fourth-order valence-corrected chi connectivity index (χ4v) is 2.88. The number of carbonyl (C=O) groups is 2. The second-order valence-electron chi connectivity index (χ2n) is 7.07. The molecule has 0 bridgehead atoms. The van der Waals surface area contributed by atoms with Crippen LogP contribution in [0, 0.1) is 16.0 Å². The van der Waals surface area contributed by atoms with Gasteiger partial charge in [0, 0.05) is 50.5 Å². The summed E-state index contributed by atoms with van der Waals surface area (Å²) >= 11 is 0. The van der Waals surface area contributed by atoms with E-state index in [1.807, 2.05) is 18.7 Å². The summed E-state index contributed by atoms with van der Waals surface area (Å²) in [6.07, 6.45) is 0. The Labute approximate surface area is 158 Å². The predicted molar refractivity (Wildman–Crippen MR) is 103 cm³/mol. The molecule has 0 aromatic heterocycles. The fraction of sp³-hybridized carbons (Fsp3) is 0.556. The zero-order chi connectivity index (χ0) is 20.0. The molecule has 1 aromatic carbocycles. The maximum absolute atomic E-state index is 12.3. The van der Waals surface area contributed by atoms with E-state index in [1.165, 1.54) is 12.1 Å². The largest absolute Gasteiger partial charge is 0.369 e. The van der Waals surface area contributed by atoms with Crippen molar-refractivity contribution in [2.24, 2.45) is 5.92 Å². The smallest absolute Gasteiger partial charge is 0.321 e. The standard InChI is InChI=1S/C18H27N5O4/c1-13(2)12-19-18(25)20-17(24)14(3)21-8-10-22(11-9-21)15-4-6-16(7-5-15)23(26)27/h4-7,13-14H,8-12H2,1-3H3,(H2,19,20,24,25). The summed E-state index contributed by atoms with van der Waals surface area (Å²) in [7, 11) is 0. The number of hydrogen-bond acceptors (Lipinski definition) is 6. The highest BCUT2D eigenvalue weighted by Gasteiger charge is 2.26. The molecule has 1 aliphatic rings. The van der Waals surface area contributed by atoms with E-state index < -0.39 is 17.0 Å². The zero-order valence-electron chi connectivity index (χ0n) is 16.0. The van der Waals surface area contributed by atoms with Crippen molar-refractivity contribution < 1.29 is 14.5 Å². The number of piperazine rings is 1. The fourth-order valence-electron chi connectivity index (χ4n) is 2.88. The number of rotatable bonds is 6. The molecule has 9 nitrogen and oxygen atoms in total. The van der Waals surface area contributed by atoms with Crippen LogP contribution in [0.25, 0.3) is 0 Å². The summed E-state index contributed by atoms with van der Waals surface area (Å²) in [6.45, 7) is 9.00. The Morgan fingerprint density at radius 1 is 1.11 bits per heavy atom. The topological polar surface area (TPSA) is 108 Å². The number of amides is 3. The van der Waals surface area contributed by atoms with Crippen LogP contribution in [-0.2, 0) is 4.79 Å². The highest BCUT2D eigenvalue weighted by atomic mass is 16.6. The maximum atomic E-state index is 12.3. The van der Waals surface area contributed by atoms with E-state index in [0.717, 1.165) is 5.69 Å². The van der Waals surface area contributed by atoms with Gasteiger partial charge in [-0.05, 0) is 25.0 Å². The predicted octanol–water partition coefficient (Wildman–Crippen LogP) is 1.59. The lowest BCUT2D eigenvalue weighted by atomic mass is 10.2. The molecule has 0 radical (unpaired) electrons. The SMILES string of the molecule is CC(C)CNC(=O)NC(=O)C(C)N1CCN(c2ccc([N+](=O)[O-])cc2)CC1. The first-order chi connectivity index (χ1) is 12.8. The van der Waals surface area contributed by atoms with Gasteiger partial charge in [-0.3, -0.25) is 25.1 Å². The van der Waals surface area contributed by atoms with Gasteiger partial charge >= 0.3 is 6.03 Å². The van der Waals surface area contributed by atoms with Gasteiger partial charge in [0.05, 0.1) is 11.0 Å². The molecule has 2 N–H and O–H groups in total.